The van der Waals surface area contributed by atoms with Crippen molar-refractivity contribution in [2.75, 3.05) is 37.7 Å². The Labute approximate surface area is 144 Å². The lowest BCUT2D eigenvalue weighted by atomic mass is 10.1. The Morgan fingerprint density at radius 3 is 2.71 bits per heavy atom. The maximum atomic E-state index is 9.40. The van der Waals surface area contributed by atoms with Gasteiger partial charge in [-0.1, -0.05) is 18.2 Å². The summed E-state index contributed by atoms with van der Waals surface area (Å²) in [6.45, 7) is 5.58. The van der Waals surface area contributed by atoms with Gasteiger partial charge in [0.25, 0.3) is 0 Å². The van der Waals surface area contributed by atoms with E-state index in [4.69, 9.17) is 4.98 Å². The van der Waals surface area contributed by atoms with Gasteiger partial charge in [0.2, 0.25) is 0 Å². The summed E-state index contributed by atoms with van der Waals surface area (Å²) in [5.74, 6) is 1.62. The summed E-state index contributed by atoms with van der Waals surface area (Å²) < 4.78 is 0. The number of piperidine rings is 1. The van der Waals surface area contributed by atoms with E-state index >= 15 is 0 Å². The molecule has 2 aliphatic heterocycles. The van der Waals surface area contributed by atoms with Crippen LogP contribution in [0.4, 0.5) is 5.82 Å². The number of rotatable bonds is 4. The second-order valence-corrected chi connectivity index (χ2v) is 7.28. The zero-order chi connectivity index (χ0) is 16.4. The summed E-state index contributed by atoms with van der Waals surface area (Å²) in [6, 6.07) is 10.8. The number of aliphatic hydroxyl groups is 1. The van der Waals surface area contributed by atoms with Gasteiger partial charge >= 0.3 is 0 Å². The third-order valence-corrected chi connectivity index (χ3v) is 5.46. The van der Waals surface area contributed by atoms with Crippen molar-refractivity contribution >= 4 is 16.7 Å². The summed E-state index contributed by atoms with van der Waals surface area (Å²) in [6.07, 6.45) is 4.98. The molecule has 4 rings (SSSR count). The highest BCUT2D eigenvalue weighted by atomic mass is 16.3. The highest BCUT2D eigenvalue weighted by molar-refractivity contribution is 5.81. The molecule has 0 aliphatic carbocycles. The van der Waals surface area contributed by atoms with Crippen LogP contribution in [0, 0.1) is 5.92 Å². The molecule has 2 saturated heterocycles. The van der Waals surface area contributed by atoms with Crippen LogP contribution in [0.5, 0.6) is 0 Å². The van der Waals surface area contributed by atoms with Crippen LogP contribution >= 0.6 is 0 Å². The Balaban J connectivity index is 1.65. The maximum absolute atomic E-state index is 9.40. The third-order valence-electron chi connectivity index (χ3n) is 5.46. The minimum atomic E-state index is 0.311. The Morgan fingerprint density at radius 2 is 1.92 bits per heavy atom. The molecule has 1 aromatic heterocycles. The van der Waals surface area contributed by atoms with Crippen molar-refractivity contribution < 1.29 is 5.11 Å². The predicted octanol–water partition coefficient (Wildman–Crippen LogP) is 3.04. The topological polar surface area (TPSA) is 39.6 Å². The largest absolute Gasteiger partial charge is 0.396 e. The van der Waals surface area contributed by atoms with E-state index in [0.29, 0.717) is 12.5 Å². The standard InChI is InChI=1S/C20H27N3O/c24-15-16-8-11-22(13-16)14-18-12-17-6-2-3-7-19(17)21-20(18)23-9-4-1-5-10-23/h2-3,6-7,12,16,24H,1,4-5,8-11,13-15H2. The molecule has 1 N–H and O–H groups in total. The number of para-hydroxylation sites is 1. The van der Waals surface area contributed by atoms with Crippen molar-refractivity contribution in [1.29, 1.82) is 0 Å². The first-order valence-electron chi connectivity index (χ1n) is 9.30. The highest BCUT2D eigenvalue weighted by Gasteiger charge is 2.24. The van der Waals surface area contributed by atoms with Crippen LogP contribution in [-0.2, 0) is 6.54 Å². The fourth-order valence-corrected chi connectivity index (χ4v) is 4.09. The van der Waals surface area contributed by atoms with E-state index in [1.807, 2.05) is 0 Å². The summed E-state index contributed by atoms with van der Waals surface area (Å²) in [4.78, 5) is 9.98. The van der Waals surface area contributed by atoms with Gasteiger partial charge in [0, 0.05) is 43.7 Å². The molecular formula is C20H27N3O. The molecule has 4 nitrogen and oxygen atoms in total. The average Bonchev–Trinajstić information content (AvgIpc) is 3.09. The number of benzene rings is 1. The van der Waals surface area contributed by atoms with E-state index < -0.39 is 0 Å². The normalized spacial score (nSPS) is 22.4. The molecule has 0 amide bonds. The third kappa shape index (κ3) is 3.26. The average molecular weight is 325 g/mol. The zero-order valence-electron chi connectivity index (χ0n) is 14.3. The van der Waals surface area contributed by atoms with Gasteiger partial charge in [-0.25, -0.2) is 4.98 Å². The van der Waals surface area contributed by atoms with Gasteiger partial charge in [0.15, 0.2) is 0 Å². The van der Waals surface area contributed by atoms with Crippen molar-refractivity contribution in [2.24, 2.45) is 5.92 Å². The van der Waals surface area contributed by atoms with E-state index in [9.17, 15) is 5.11 Å². The summed E-state index contributed by atoms with van der Waals surface area (Å²) in [5, 5.41) is 10.6. The molecule has 1 unspecified atom stereocenters. The molecule has 0 radical (unpaired) electrons. The number of anilines is 1. The molecule has 2 aliphatic rings. The minimum absolute atomic E-state index is 0.311. The maximum Gasteiger partial charge on any atom is 0.133 e. The lowest BCUT2D eigenvalue weighted by molar-refractivity contribution is 0.220. The van der Waals surface area contributed by atoms with Gasteiger partial charge in [-0.2, -0.15) is 0 Å². The van der Waals surface area contributed by atoms with Crippen LogP contribution in [-0.4, -0.2) is 47.8 Å². The number of aliphatic hydroxyl groups excluding tert-OH is 1. The van der Waals surface area contributed by atoms with E-state index in [1.54, 1.807) is 0 Å². The van der Waals surface area contributed by atoms with Crippen molar-refractivity contribution in [1.82, 2.24) is 9.88 Å². The highest BCUT2D eigenvalue weighted by Crippen LogP contribution is 2.28. The van der Waals surface area contributed by atoms with Crippen molar-refractivity contribution in [3.8, 4) is 0 Å². The minimum Gasteiger partial charge on any atom is -0.396 e. The Morgan fingerprint density at radius 1 is 1.08 bits per heavy atom. The summed E-state index contributed by atoms with van der Waals surface area (Å²) >= 11 is 0. The molecule has 128 valence electrons. The van der Waals surface area contributed by atoms with Crippen molar-refractivity contribution in [3.05, 3.63) is 35.9 Å². The summed E-state index contributed by atoms with van der Waals surface area (Å²) in [5.41, 5.74) is 2.44. The van der Waals surface area contributed by atoms with Gasteiger partial charge in [0.1, 0.15) is 5.82 Å². The molecule has 24 heavy (non-hydrogen) atoms. The van der Waals surface area contributed by atoms with Crippen molar-refractivity contribution in [2.45, 2.75) is 32.2 Å². The van der Waals surface area contributed by atoms with Crippen LogP contribution in [0.25, 0.3) is 10.9 Å². The van der Waals surface area contributed by atoms with E-state index in [2.05, 4.69) is 40.1 Å². The van der Waals surface area contributed by atoms with Gasteiger partial charge < -0.3 is 10.0 Å². The molecule has 3 heterocycles. The Hall–Kier alpha value is -1.65. The first-order chi connectivity index (χ1) is 11.8. The van der Waals surface area contributed by atoms with Crippen LogP contribution in [0.1, 0.15) is 31.2 Å². The van der Waals surface area contributed by atoms with Gasteiger partial charge in [-0.05, 0) is 50.3 Å². The number of aromatic nitrogens is 1. The van der Waals surface area contributed by atoms with Crippen LogP contribution in [0.2, 0.25) is 0 Å². The Kier molecular flexibility index (Phi) is 4.67. The number of hydrogen-bond donors (Lipinski definition) is 1. The quantitative estimate of drug-likeness (QED) is 0.938. The molecule has 0 spiro atoms. The Bertz CT molecular complexity index is 696. The van der Waals surface area contributed by atoms with E-state index in [1.165, 1.54) is 36.0 Å². The predicted molar refractivity (Wildman–Crippen MR) is 98.3 cm³/mol. The van der Waals surface area contributed by atoms with E-state index in [0.717, 1.165) is 44.7 Å². The van der Waals surface area contributed by atoms with Gasteiger partial charge in [-0.3, -0.25) is 4.90 Å². The lowest BCUT2D eigenvalue weighted by Crippen LogP contribution is -2.32. The SMILES string of the molecule is OCC1CCN(Cc2cc3ccccc3nc2N2CCCCC2)C1. The zero-order valence-corrected chi connectivity index (χ0v) is 14.3. The fourth-order valence-electron chi connectivity index (χ4n) is 4.09. The molecule has 2 aromatic rings. The summed E-state index contributed by atoms with van der Waals surface area (Å²) in [7, 11) is 0. The van der Waals surface area contributed by atoms with Gasteiger partial charge in [0.05, 0.1) is 5.52 Å². The van der Waals surface area contributed by atoms with Crippen LogP contribution in [0.3, 0.4) is 0 Å². The first kappa shape index (κ1) is 15.9. The number of hydrogen-bond acceptors (Lipinski definition) is 4. The second-order valence-electron chi connectivity index (χ2n) is 7.28. The first-order valence-corrected chi connectivity index (χ1v) is 9.30. The number of pyridine rings is 1. The van der Waals surface area contributed by atoms with Crippen molar-refractivity contribution in [3.63, 3.8) is 0 Å². The monoisotopic (exact) mass is 325 g/mol. The molecular weight excluding hydrogens is 298 g/mol. The molecule has 0 bridgehead atoms. The number of nitrogens with zero attached hydrogens (tertiary/aromatic N) is 3. The number of fused-ring (bicyclic) bond motifs is 1. The molecule has 1 atom stereocenters. The van der Waals surface area contributed by atoms with Crippen LogP contribution < -0.4 is 4.90 Å². The fraction of sp³-hybridized carbons (Fsp3) is 0.550. The van der Waals surface area contributed by atoms with Gasteiger partial charge in [-0.15, -0.1) is 0 Å². The molecule has 4 heteroatoms. The van der Waals surface area contributed by atoms with E-state index in [-0.39, 0.29) is 0 Å². The molecule has 2 fully saturated rings. The lowest BCUT2D eigenvalue weighted by Gasteiger charge is -2.30. The van der Waals surface area contributed by atoms with Crippen LogP contribution in [0.15, 0.2) is 30.3 Å². The molecule has 0 saturated carbocycles. The number of likely N-dealkylation sites (tertiary alicyclic amines) is 1. The molecule has 1 aromatic carbocycles. The smallest absolute Gasteiger partial charge is 0.133 e. The second kappa shape index (κ2) is 7.08.